The minimum atomic E-state index is -0.119. The van der Waals surface area contributed by atoms with Gasteiger partial charge in [0.15, 0.2) is 0 Å². The van der Waals surface area contributed by atoms with Crippen LogP contribution in [0, 0.1) is 0 Å². The molecule has 0 aromatic carbocycles. The topological polar surface area (TPSA) is 55.2 Å². The first-order valence-electron chi connectivity index (χ1n) is 2.49. The minimum Gasteiger partial charge on any atom is -0.492 e. The maximum atomic E-state index is 8.95. The van der Waals surface area contributed by atoms with E-state index in [-0.39, 0.29) is 5.88 Å². The minimum absolute atomic E-state index is 0.119. The van der Waals surface area contributed by atoms with Gasteiger partial charge in [0, 0.05) is 0 Å². The van der Waals surface area contributed by atoms with Gasteiger partial charge >= 0.3 is 0 Å². The average Bonchev–Trinajstić information content (AvgIpc) is 1.95. The maximum Gasteiger partial charge on any atom is 0.234 e. The Bertz CT molecular complexity index is 241. The summed E-state index contributed by atoms with van der Waals surface area (Å²) < 4.78 is 5.14. The number of nitrogens with zero attached hydrogens (tertiary/aromatic N) is 2. The van der Waals surface area contributed by atoms with E-state index in [0.717, 1.165) is 0 Å². The number of methoxy groups -OCH3 is 1. The van der Waals surface area contributed by atoms with Crippen molar-refractivity contribution >= 4 is 15.9 Å². The number of ether oxygens (including phenoxy) is 1. The molecule has 0 aliphatic heterocycles. The fourth-order valence-corrected chi connectivity index (χ4v) is 0.854. The number of halogens is 1. The monoisotopic (exact) mass is 204 g/mol. The summed E-state index contributed by atoms with van der Waals surface area (Å²) in [6, 6.07) is 0. The van der Waals surface area contributed by atoms with E-state index in [1.807, 2.05) is 0 Å². The summed E-state index contributed by atoms with van der Waals surface area (Å²) in [5, 5.41) is 8.95. The molecule has 54 valence electrons. The van der Waals surface area contributed by atoms with Crippen molar-refractivity contribution in [3.8, 4) is 11.8 Å². The van der Waals surface area contributed by atoms with E-state index in [1.165, 1.54) is 13.4 Å². The van der Waals surface area contributed by atoms with E-state index in [0.29, 0.717) is 10.4 Å². The lowest BCUT2D eigenvalue weighted by Crippen LogP contribution is -1.89. The van der Waals surface area contributed by atoms with E-state index in [9.17, 15) is 0 Å². The first kappa shape index (κ1) is 7.27. The average molecular weight is 205 g/mol. The molecule has 0 atom stereocenters. The molecular formula is C5H5BrN2O2. The van der Waals surface area contributed by atoms with Gasteiger partial charge in [-0.1, -0.05) is 0 Å². The van der Waals surface area contributed by atoms with Crippen LogP contribution in [0.25, 0.3) is 0 Å². The van der Waals surface area contributed by atoms with Crippen molar-refractivity contribution in [2.75, 3.05) is 7.11 Å². The van der Waals surface area contributed by atoms with Gasteiger partial charge in [-0.05, 0) is 15.9 Å². The highest BCUT2D eigenvalue weighted by Crippen LogP contribution is 2.28. The van der Waals surface area contributed by atoms with Gasteiger partial charge in [-0.3, -0.25) is 0 Å². The van der Waals surface area contributed by atoms with Gasteiger partial charge in [0.2, 0.25) is 11.8 Å². The van der Waals surface area contributed by atoms with Crippen LogP contribution in [0.4, 0.5) is 0 Å². The fourth-order valence-electron chi connectivity index (χ4n) is 0.487. The van der Waals surface area contributed by atoms with Crippen molar-refractivity contribution in [2.24, 2.45) is 0 Å². The van der Waals surface area contributed by atoms with Crippen LogP contribution >= 0.6 is 15.9 Å². The third-order valence-corrected chi connectivity index (χ3v) is 1.63. The molecule has 0 bridgehead atoms. The second-order valence-corrected chi connectivity index (χ2v) is 2.31. The van der Waals surface area contributed by atoms with Gasteiger partial charge in [-0.2, -0.15) is 0 Å². The smallest absolute Gasteiger partial charge is 0.234 e. The Morgan fingerprint density at radius 2 is 2.30 bits per heavy atom. The molecule has 0 saturated heterocycles. The molecule has 0 radical (unpaired) electrons. The zero-order valence-corrected chi connectivity index (χ0v) is 6.79. The third kappa shape index (κ3) is 1.18. The highest BCUT2D eigenvalue weighted by molar-refractivity contribution is 9.10. The maximum absolute atomic E-state index is 8.95. The molecule has 5 heteroatoms. The van der Waals surface area contributed by atoms with Crippen molar-refractivity contribution in [3.63, 3.8) is 0 Å². The largest absolute Gasteiger partial charge is 0.492 e. The molecule has 1 aromatic rings. The summed E-state index contributed by atoms with van der Waals surface area (Å²) in [4.78, 5) is 7.22. The summed E-state index contributed by atoms with van der Waals surface area (Å²) in [5.41, 5.74) is 0. The van der Waals surface area contributed by atoms with Crippen molar-refractivity contribution in [3.05, 3.63) is 10.8 Å². The summed E-state index contributed by atoms with van der Waals surface area (Å²) in [5.74, 6) is 0.208. The van der Waals surface area contributed by atoms with Crippen LogP contribution in [0.1, 0.15) is 0 Å². The second kappa shape index (κ2) is 2.83. The molecule has 0 aliphatic carbocycles. The Labute approximate surface area is 66.0 Å². The summed E-state index contributed by atoms with van der Waals surface area (Å²) in [6.07, 6.45) is 1.22. The van der Waals surface area contributed by atoms with Gasteiger partial charge in [0.1, 0.15) is 10.8 Å². The van der Waals surface area contributed by atoms with Crippen LogP contribution in [-0.4, -0.2) is 22.2 Å². The van der Waals surface area contributed by atoms with Crippen LogP contribution < -0.4 is 4.74 Å². The lowest BCUT2D eigenvalue weighted by molar-refractivity contribution is 0.381. The molecule has 1 N–H and O–H groups in total. The highest BCUT2D eigenvalue weighted by Gasteiger charge is 2.05. The van der Waals surface area contributed by atoms with Crippen LogP contribution in [0.3, 0.4) is 0 Å². The molecule has 1 heterocycles. The Morgan fingerprint density at radius 1 is 1.60 bits per heavy atom. The lowest BCUT2D eigenvalue weighted by atomic mass is 10.6. The van der Waals surface area contributed by atoms with E-state index < -0.39 is 0 Å². The first-order chi connectivity index (χ1) is 4.75. The summed E-state index contributed by atoms with van der Waals surface area (Å²) in [6.45, 7) is 0. The summed E-state index contributed by atoms with van der Waals surface area (Å²) in [7, 11) is 1.46. The van der Waals surface area contributed by atoms with E-state index in [4.69, 9.17) is 9.84 Å². The lowest BCUT2D eigenvalue weighted by Gasteiger charge is -1.99. The third-order valence-electron chi connectivity index (χ3n) is 0.932. The quantitative estimate of drug-likeness (QED) is 0.741. The molecule has 0 unspecified atom stereocenters. The molecule has 0 spiro atoms. The zero-order valence-electron chi connectivity index (χ0n) is 5.21. The number of hydrogen-bond acceptors (Lipinski definition) is 4. The molecule has 0 saturated carbocycles. The van der Waals surface area contributed by atoms with Crippen molar-refractivity contribution < 1.29 is 9.84 Å². The van der Waals surface area contributed by atoms with Crippen LogP contribution in [-0.2, 0) is 0 Å². The number of rotatable bonds is 1. The molecule has 10 heavy (non-hydrogen) atoms. The van der Waals surface area contributed by atoms with Gasteiger partial charge in [0.05, 0.1) is 7.11 Å². The van der Waals surface area contributed by atoms with Crippen LogP contribution in [0.2, 0.25) is 0 Å². The van der Waals surface area contributed by atoms with E-state index >= 15 is 0 Å². The van der Waals surface area contributed by atoms with Gasteiger partial charge in [-0.25, -0.2) is 9.97 Å². The zero-order chi connectivity index (χ0) is 7.56. The van der Waals surface area contributed by atoms with E-state index in [2.05, 4.69) is 25.9 Å². The standard InChI is InChI=1S/C5H5BrN2O2/c1-10-5-3(6)4(9)7-2-8-5/h2H,1H3,(H,7,8,9). The molecule has 1 rings (SSSR count). The normalized spacial score (nSPS) is 9.40. The van der Waals surface area contributed by atoms with Crippen molar-refractivity contribution in [1.82, 2.24) is 9.97 Å². The number of hydrogen-bond donors (Lipinski definition) is 1. The van der Waals surface area contributed by atoms with Crippen LogP contribution in [0.5, 0.6) is 11.8 Å². The molecule has 4 nitrogen and oxygen atoms in total. The van der Waals surface area contributed by atoms with Gasteiger partial charge in [0.25, 0.3) is 0 Å². The second-order valence-electron chi connectivity index (χ2n) is 1.52. The highest BCUT2D eigenvalue weighted by atomic mass is 79.9. The van der Waals surface area contributed by atoms with Crippen LogP contribution in [0.15, 0.2) is 10.8 Å². The molecule has 0 amide bonds. The van der Waals surface area contributed by atoms with Gasteiger partial charge < -0.3 is 9.84 Å². The number of aromatic nitrogens is 2. The van der Waals surface area contributed by atoms with Crippen molar-refractivity contribution in [1.29, 1.82) is 0 Å². The number of aromatic hydroxyl groups is 1. The molecular weight excluding hydrogens is 200 g/mol. The predicted molar refractivity (Wildman–Crippen MR) is 37.9 cm³/mol. The van der Waals surface area contributed by atoms with Gasteiger partial charge in [-0.15, -0.1) is 0 Å². The first-order valence-corrected chi connectivity index (χ1v) is 3.28. The molecule has 1 aromatic heterocycles. The Hall–Kier alpha value is -0.840. The molecule has 0 aliphatic rings. The Morgan fingerprint density at radius 3 is 2.80 bits per heavy atom. The SMILES string of the molecule is COc1ncnc(O)c1Br. The Balaban J connectivity index is 3.14. The van der Waals surface area contributed by atoms with Crippen molar-refractivity contribution in [2.45, 2.75) is 0 Å². The van der Waals surface area contributed by atoms with E-state index in [1.54, 1.807) is 0 Å². The molecule has 0 fully saturated rings. The Kier molecular flexibility index (Phi) is 2.06. The summed E-state index contributed by atoms with van der Waals surface area (Å²) >= 11 is 3.04. The predicted octanol–water partition coefficient (Wildman–Crippen LogP) is 0.953. The fraction of sp³-hybridized carbons (Fsp3) is 0.200.